The number of aryl methyl sites for hydroxylation is 2. The number of hydrogen-bond donors (Lipinski definition) is 1. The van der Waals surface area contributed by atoms with Gasteiger partial charge in [0.25, 0.3) is 15.9 Å². The van der Waals surface area contributed by atoms with Crippen molar-refractivity contribution in [3.05, 3.63) is 65.2 Å². The molecule has 0 radical (unpaired) electrons. The molecule has 0 saturated heterocycles. The van der Waals surface area contributed by atoms with Crippen molar-refractivity contribution in [2.75, 3.05) is 25.5 Å². The van der Waals surface area contributed by atoms with Crippen LogP contribution in [0.2, 0.25) is 0 Å². The molecule has 1 saturated carbocycles. The number of anilines is 1. The first-order valence-electron chi connectivity index (χ1n) is 16.7. The summed E-state index contributed by atoms with van der Waals surface area (Å²) >= 11 is 0. The molecule has 2 aliphatic rings. The highest BCUT2D eigenvalue weighted by atomic mass is 32.2. The van der Waals surface area contributed by atoms with Gasteiger partial charge in [0, 0.05) is 36.3 Å². The van der Waals surface area contributed by atoms with Gasteiger partial charge in [-0.2, -0.15) is 4.98 Å². The van der Waals surface area contributed by atoms with E-state index < -0.39 is 10.0 Å². The second-order valence-corrected chi connectivity index (χ2v) is 16.9. The molecule has 1 N–H and O–H groups in total. The molecule has 12 heteroatoms. The summed E-state index contributed by atoms with van der Waals surface area (Å²) in [7, 11) is -1.04. The van der Waals surface area contributed by atoms with Crippen molar-refractivity contribution < 1.29 is 27.5 Å². The molecule has 1 unspecified atom stereocenters. The summed E-state index contributed by atoms with van der Waals surface area (Å²) in [6, 6.07) is 13.2. The summed E-state index contributed by atoms with van der Waals surface area (Å²) in [5.74, 6) is -0.190. The van der Waals surface area contributed by atoms with Crippen molar-refractivity contribution in [3.63, 3.8) is 0 Å². The number of hydrogen-bond acceptors (Lipinski definition) is 8. The highest BCUT2D eigenvalue weighted by Crippen LogP contribution is 2.47. The molecule has 264 valence electrons. The van der Waals surface area contributed by atoms with Crippen molar-refractivity contribution in [1.82, 2.24) is 19.8 Å². The van der Waals surface area contributed by atoms with Crippen LogP contribution in [0.25, 0.3) is 11.3 Å². The number of methoxy groups -OCH3 is 1. The highest BCUT2D eigenvalue weighted by molar-refractivity contribution is 7.92. The molecule has 2 amide bonds. The molecule has 1 aromatic heterocycles. The molecule has 4 bridgehead atoms. The van der Waals surface area contributed by atoms with E-state index in [0.717, 1.165) is 29.5 Å². The SMILES string of the molecule is COC(=O)N(C)C1CC(C)(CC(C)N2C(=O)c3cccc(c3)S(=O)(=O)Nc3nc(cc(-c4c(C)cccc4C)n3)OC[C@H]2CC(C)(C)C)C1. The molecule has 3 aromatic rings. The molecule has 49 heavy (non-hydrogen) atoms. The van der Waals surface area contributed by atoms with Crippen molar-refractivity contribution in [2.45, 2.75) is 97.2 Å². The Hall–Kier alpha value is -4.19. The van der Waals surface area contributed by atoms with Gasteiger partial charge in [0.2, 0.25) is 11.8 Å². The second kappa shape index (κ2) is 13.6. The maximum absolute atomic E-state index is 14.6. The van der Waals surface area contributed by atoms with Crippen LogP contribution >= 0.6 is 0 Å². The summed E-state index contributed by atoms with van der Waals surface area (Å²) in [5.41, 5.74) is 3.30. The fraction of sp³-hybridized carbons (Fsp3) is 0.514. The van der Waals surface area contributed by atoms with E-state index in [1.54, 1.807) is 30.1 Å². The Morgan fingerprint density at radius 2 is 1.78 bits per heavy atom. The van der Waals surface area contributed by atoms with Crippen LogP contribution in [0.15, 0.2) is 53.4 Å². The summed E-state index contributed by atoms with van der Waals surface area (Å²) < 4.78 is 41.3. The lowest BCUT2D eigenvalue weighted by Gasteiger charge is -2.51. The summed E-state index contributed by atoms with van der Waals surface area (Å²) in [4.78, 5) is 39.3. The fourth-order valence-electron chi connectivity index (χ4n) is 7.49. The van der Waals surface area contributed by atoms with Gasteiger partial charge in [-0.1, -0.05) is 52.0 Å². The Morgan fingerprint density at radius 3 is 2.41 bits per heavy atom. The smallest absolute Gasteiger partial charge is 0.409 e. The van der Waals surface area contributed by atoms with Crippen LogP contribution in [-0.2, 0) is 14.8 Å². The van der Waals surface area contributed by atoms with E-state index in [1.165, 1.54) is 19.2 Å². The van der Waals surface area contributed by atoms with E-state index in [9.17, 15) is 18.0 Å². The molecule has 5 rings (SSSR count). The van der Waals surface area contributed by atoms with Gasteiger partial charge in [-0.25, -0.2) is 22.9 Å². The Bertz CT molecular complexity index is 1810. The molecular weight excluding hydrogens is 643 g/mol. The summed E-state index contributed by atoms with van der Waals surface area (Å²) in [5, 5.41) is 0. The molecule has 0 spiro atoms. The summed E-state index contributed by atoms with van der Waals surface area (Å²) in [6.07, 6.45) is 2.48. The third kappa shape index (κ3) is 8.01. The number of benzene rings is 2. The fourth-order valence-corrected chi connectivity index (χ4v) is 8.48. The van der Waals surface area contributed by atoms with E-state index in [0.29, 0.717) is 18.5 Å². The minimum atomic E-state index is -4.17. The van der Waals surface area contributed by atoms with Gasteiger partial charge in [0.05, 0.1) is 23.7 Å². The second-order valence-electron chi connectivity index (χ2n) is 15.3. The number of carbonyl (C=O) groups is 2. The van der Waals surface area contributed by atoms with Crippen LogP contribution in [0.5, 0.6) is 5.88 Å². The number of sulfonamides is 1. The monoisotopic (exact) mass is 691 g/mol. The number of aromatic nitrogens is 2. The van der Waals surface area contributed by atoms with E-state index >= 15 is 0 Å². The van der Waals surface area contributed by atoms with Gasteiger partial charge in [0.15, 0.2) is 0 Å². The number of amides is 2. The first kappa shape index (κ1) is 36.1. The molecule has 11 nitrogen and oxygen atoms in total. The zero-order valence-electron chi connectivity index (χ0n) is 30.0. The molecule has 2 heterocycles. The average Bonchev–Trinajstić information content (AvgIpc) is 3.00. The van der Waals surface area contributed by atoms with Crippen LogP contribution in [0, 0.1) is 24.7 Å². The predicted octanol–water partition coefficient (Wildman–Crippen LogP) is 6.85. The van der Waals surface area contributed by atoms with Gasteiger partial charge in [0.1, 0.15) is 6.61 Å². The molecular formula is C37H49N5O6S. The number of nitrogens with zero attached hydrogens (tertiary/aromatic N) is 4. The van der Waals surface area contributed by atoms with Gasteiger partial charge in [-0.3, -0.25) is 4.79 Å². The minimum absolute atomic E-state index is 0.0524. The molecule has 2 atom stereocenters. The van der Waals surface area contributed by atoms with Crippen molar-refractivity contribution in [3.8, 4) is 17.1 Å². The number of rotatable bonds is 6. The van der Waals surface area contributed by atoms with E-state index in [1.807, 2.05) is 43.9 Å². The van der Waals surface area contributed by atoms with Gasteiger partial charge in [-0.05, 0) is 86.6 Å². The quantitative estimate of drug-likeness (QED) is 0.297. The number of ether oxygens (including phenoxy) is 2. The average molecular weight is 692 g/mol. The Labute approximate surface area is 290 Å². The van der Waals surface area contributed by atoms with Gasteiger partial charge >= 0.3 is 6.09 Å². The lowest BCUT2D eigenvalue weighted by atomic mass is 9.63. The maximum Gasteiger partial charge on any atom is 0.409 e. The molecule has 2 aromatic carbocycles. The Kier molecular flexibility index (Phi) is 10.0. The van der Waals surface area contributed by atoms with Crippen molar-refractivity contribution in [2.24, 2.45) is 10.8 Å². The maximum atomic E-state index is 14.6. The van der Waals surface area contributed by atoms with Crippen LogP contribution in [0.1, 0.15) is 81.8 Å². The highest BCUT2D eigenvalue weighted by Gasteiger charge is 2.46. The standard InChI is InChI=1S/C37H49N5O6S/c1-23-12-10-13-24(2)32(23)30-17-31-39-34(38-30)40-49(45,46)29-15-11-14-26(16-29)33(43)42(28(22-48-31)19-36(4,5)6)25(3)18-37(7)20-27(21-37)41(8)35(44)47-9/h10-17,25,27-28H,18-22H2,1-9H3,(H,38,39,40)/t25?,27?,28-,37?/m1/s1. The lowest BCUT2D eigenvalue weighted by Crippen LogP contribution is -2.55. The predicted molar refractivity (Wildman–Crippen MR) is 189 cm³/mol. The van der Waals surface area contributed by atoms with Crippen LogP contribution < -0.4 is 9.46 Å². The minimum Gasteiger partial charge on any atom is -0.475 e. The topological polar surface area (TPSA) is 131 Å². The zero-order chi connectivity index (χ0) is 35.9. The lowest BCUT2D eigenvalue weighted by molar-refractivity contribution is -0.00780. The Morgan fingerprint density at radius 1 is 1.12 bits per heavy atom. The normalized spacial score (nSPS) is 22.6. The van der Waals surface area contributed by atoms with E-state index in [4.69, 9.17) is 9.47 Å². The molecule has 1 aliphatic heterocycles. The van der Waals surface area contributed by atoms with E-state index in [-0.39, 0.29) is 69.9 Å². The van der Waals surface area contributed by atoms with Crippen molar-refractivity contribution in [1.29, 1.82) is 0 Å². The number of fused-ring (bicyclic) bond motifs is 4. The largest absolute Gasteiger partial charge is 0.475 e. The van der Waals surface area contributed by atoms with Crippen LogP contribution in [0.4, 0.5) is 10.7 Å². The zero-order valence-corrected chi connectivity index (χ0v) is 30.8. The number of carbonyl (C=O) groups excluding carboxylic acids is 2. The first-order chi connectivity index (χ1) is 22.9. The van der Waals surface area contributed by atoms with Crippen LogP contribution in [0.3, 0.4) is 0 Å². The van der Waals surface area contributed by atoms with E-state index in [2.05, 4.69) is 42.4 Å². The molecule has 1 fully saturated rings. The first-order valence-corrected chi connectivity index (χ1v) is 18.2. The van der Waals surface area contributed by atoms with Gasteiger partial charge in [-0.15, -0.1) is 0 Å². The third-order valence-electron chi connectivity index (χ3n) is 9.69. The third-order valence-corrected chi connectivity index (χ3v) is 11.0. The van der Waals surface area contributed by atoms with Gasteiger partial charge < -0.3 is 19.3 Å². The Balaban J connectivity index is 1.58. The van der Waals surface area contributed by atoms with Crippen molar-refractivity contribution >= 4 is 28.0 Å². The summed E-state index contributed by atoms with van der Waals surface area (Å²) in [6.45, 7) is 14.7. The molecule has 1 aliphatic carbocycles. The van der Waals surface area contributed by atoms with Crippen LogP contribution in [-0.4, -0.2) is 79.1 Å². The number of nitrogens with one attached hydrogen (secondary N) is 1.